The van der Waals surface area contributed by atoms with Crippen molar-refractivity contribution in [3.8, 4) is 0 Å². The third-order valence-electron chi connectivity index (χ3n) is 6.77. The Hall–Kier alpha value is -2.44. The van der Waals surface area contributed by atoms with E-state index in [0.717, 1.165) is 38.5 Å². The van der Waals surface area contributed by atoms with E-state index in [9.17, 15) is 19.7 Å². The van der Waals surface area contributed by atoms with E-state index in [1.807, 2.05) is 0 Å². The van der Waals surface area contributed by atoms with Gasteiger partial charge in [0.25, 0.3) is 5.69 Å². The van der Waals surface area contributed by atoms with Crippen molar-refractivity contribution in [2.45, 2.75) is 142 Å². The van der Waals surface area contributed by atoms with Crippen molar-refractivity contribution in [1.29, 1.82) is 0 Å². The van der Waals surface area contributed by atoms with Crippen LogP contribution in [0.4, 0.5) is 17.1 Å². The first-order valence-electron chi connectivity index (χ1n) is 14.9. The first-order chi connectivity index (χ1) is 18.0. The van der Waals surface area contributed by atoms with Gasteiger partial charge < -0.3 is 10.6 Å². The molecular formula is C30H51N3O4. The summed E-state index contributed by atoms with van der Waals surface area (Å²) in [4.78, 5) is 35.7. The average Bonchev–Trinajstić information content (AvgIpc) is 2.86. The summed E-state index contributed by atoms with van der Waals surface area (Å²) in [6.07, 6.45) is 21.9. The molecule has 7 heteroatoms. The standard InChI is InChI=1S/C30H51N3O4/c1-3-5-7-9-11-13-15-17-19-21-29(34)31-26-23-24-28(33(36)37)27(25-26)32-30(35)22-20-18-16-14-12-10-8-6-4-2/h23-25H,3-22H2,1-2H3,(H,31,34)(H,32,35). The minimum atomic E-state index is -0.512. The number of carbonyl (C=O) groups is 2. The smallest absolute Gasteiger partial charge is 0.292 e. The fourth-order valence-electron chi connectivity index (χ4n) is 4.50. The monoisotopic (exact) mass is 517 g/mol. The van der Waals surface area contributed by atoms with Crippen molar-refractivity contribution in [3.05, 3.63) is 28.3 Å². The molecule has 1 aromatic carbocycles. The maximum Gasteiger partial charge on any atom is 0.292 e. The first-order valence-corrected chi connectivity index (χ1v) is 14.9. The number of nitro benzene ring substituents is 1. The lowest BCUT2D eigenvalue weighted by Gasteiger charge is -2.10. The van der Waals surface area contributed by atoms with Crippen molar-refractivity contribution >= 4 is 28.9 Å². The van der Waals surface area contributed by atoms with Crippen LogP contribution in [-0.4, -0.2) is 16.7 Å². The van der Waals surface area contributed by atoms with E-state index < -0.39 is 4.92 Å². The second-order valence-electron chi connectivity index (χ2n) is 10.2. The van der Waals surface area contributed by atoms with Gasteiger partial charge in [-0.25, -0.2) is 0 Å². The summed E-state index contributed by atoms with van der Waals surface area (Å²) in [6, 6.07) is 4.34. The molecule has 2 N–H and O–H groups in total. The average molecular weight is 518 g/mol. The lowest BCUT2D eigenvalue weighted by atomic mass is 10.1. The Morgan fingerprint density at radius 1 is 0.649 bits per heavy atom. The summed E-state index contributed by atoms with van der Waals surface area (Å²) in [5.74, 6) is -0.340. The minimum absolute atomic E-state index is 0.108. The van der Waals surface area contributed by atoms with Crippen LogP contribution in [0.5, 0.6) is 0 Å². The number of nitrogens with one attached hydrogen (secondary N) is 2. The van der Waals surface area contributed by atoms with E-state index in [2.05, 4.69) is 24.5 Å². The quantitative estimate of drug-likeness (QED) is 0.0857. The Labute approximate surface area is 224 Å². The molecule has 0 aliphatic carbocycles. The Morgan fingerprint density at radius 3 is 1.49 bits per heavy atom. The highest BCUT2D eigenvalue weighted by atomic mass is 16.6. The molecule has 0 aliphatic rings. The molecule has 0 bridgehead atoms. The van der Waals surface area contributed by atoms with Gasteiger partial charge in [-0.1, -0.05) is 117 Å². The molecule has 0 atom stereocenters. The van der Waals surface area contributed by atoms with Crippen LogP contribution >= 0.6 is 0 Å². The fraction of sp³-hybridized carbons (Fsp3) is 0.733. The molecule has 210 valence electrons. The zero-order valence-corrected chi connectivity index (χ0v) is 23.5. The number of hydrogen-bond donors (Lipinski definition) is 2. The fourth-order valence-corrected chi connectivity index (χ4v) is 4.50. The minimum Gasteiger partial charge on any atom is -0.326 e. The number of rotatable bonds is 23. The lowest BCUT2D eigenvalue weighted by molar-refractivity contribution is -0.383. The number of anilines is 2. The second kappa shape index (κ2) is 21.6. The maximum absolute atomic E-state index is 12.4. The van der Waals surface area contributed by atoms with Gasteiger partial charge in [0.2, 0.25) is 11.8 Å². The number of nitrogens with zero attached hydrogens (tertiary/aromatic N) is 1. The van der Waals surface area contributed by atoms with E-state index in [0.29, 0.717) is 18.5 Å². The van der Waals surface area contributed by atoms with Crippen LogP contribution in [0.3, 0.4) is 0 Å². The number of hydrogen-bond acceptors (Lipinski definition) is 4. The van der Waals surface area contributed by atoms with Gasteiger partial charge >= 0.3 is 0 Å². The molecular weight excluding hydrogens is 466 g/mol. The topological polar surface area (TPSA) is 101 Å². The summed E-state index contributed by atoms with van der Waals surface area (Å²) < 4.78 is 0. The largest absolute Gasteiger partial charge is 0.326 e. The van der Waals surface area contributed by atoms with Gasteiger partial charge in [0.05, 0.1) is 4.92 Å². The molecule has 2 amide bonds. The van der Waals surface area contributed by atoms with Gasteiger partial charge in [0.15, 0.2) is 0 Å². The maximum atomic E-state index is 12.4. The van der Waals surface area contributed by atoms with Crippen LogP contribution in [0.25, 0.3) is 0 Å². The number of carbonyl (C=O) groups excluding carboxylic acids is 2. The van der Waals surface area contributed by atoms with Crippen molar-refractivity contribution in [2.24, 2.45) is 0 Å². The van der Waals surface area contributed by atoms with E-state index in [4.69, 9.17) is 0 Å². The van der Waals surface area contributed by atoms with Crippen molar-refractivity contribution in [1.82, 2.24) is 0 Å². The highest BCUT2D eigenvalue weighted by Gasteiger charge is 2.17. The molecule has 37 heavy (non-hydrogen) atoms. The van der Waals surface area contributed by atoms with Gasteiger partial charge in [-0.05, 0) is 25.0 Å². The Kier molecular flexibility index (Phi) is 19.0. The third kappa shape index (κ3) is 16.8. The highest BCUT2D eigenvalue weighted by Crippen LogP contribution is 2.28. The molecule has 0 fully saturated rings. The van der Waals surface area contributed by atoms with Crippen LogP contribution in [0.2, 0.25) is 0 Å². The molecule has 0 radical (unpaired) electrons. The number of unbranched alkanes of at least 4 members (excludes halogenated alkanes) is 16. The van der Waals surface area contributed by atoms with Crippen LogP contribution < -0.4 is 10.6 Å². The first kappa shape index (κ1) is 32.6. The van der Waals surface area contributed by atoms with E-state index in [-0.39, 0.29) is 23.2 Å². The van der Waals surface area contributed by atoms with Crippen LogP contribution in [0, 0.1) is 10.1 Å². The summed E-state index contributed by atoms with van der Waals surface area (Å²) in [5, 5.41) is 16.9. The zero-order chi connectivity index (χ0) is 27.1. The van der Waals surface area contributed by atoms with Crippen LogP contribution in [-0.2, 0) is 9.59 Å². The van der Waals surface area contributed by atoms with Gasteiger partial charge in [-0.3, -0.25) is 19.7 Å². The molecule has 0 saturated heterocycles. The highest BCUT2D eigenvalue weighted by molar-refractivity contribution is 5.96. The number of amides is 2. The van der Waals surface area contributed by atoms with Crippen molar-refractivity contribution in [3.63, 3.8) is 0 Å². The predicted molar refractivity (Wildman–Crippen MR) is 154 cm³/mol. The Morgan fingerprint density at radius 2 is 1.05 bits per heavy atom. The Balaban J connectivity index is 2.36. The SMILES string of the molecule is CCCCCCCCCCCC(=O)Nc1ccc([N+](=O)[O-])c(NC(=O)CCCCCCCCCCC)c1. The van der Waals surface area contributed by atoms with E-state index in [1.54, 1.807) is 0 Å². The molecule has 1 rings (SSSR count). The van der Waals surface area contributed by atoms with Crippen molar-refractivity contribution in [2.75, 3.05) is 10.6 Å². The van der Waals surface area contributed by atoms with Gasteiger partial charge in [-0.2, -0.15) is 0 Å². The lowest BCUT2D eigenvalue weighted by Crippen LogP contribution is -2.14. The van der Waals surface area contributed by atoms with Gasteiger partial charge in [0, 0.05) is 24.6 Å². The zero-order valence-electron chi connectivity index (χ0n) is 23.5. The number of nitro groups is 1. The molecule has 0 aromatic heterocycles. The second-order valence-corrected chi connectivity index (χ2v) is 10.2. The summed E-state index contributed by atoms with van der Waals surface area (Å²) in [6.45, 7) is 4.43. The molecule has 0 heterocycles. The molecule has 0 aliphatic heterocycles. The summed E-state index contributed by atoms with van der Waals surface area (Å²) in [7, 11) is 0. The summed E-state index contributed by atoms with van der Waals surface area (Å²) >= 11 is 0. The summed E-state index contributed by atoms with van der Waals surface area (Å²) in [5.41, 5.74) is 0.425. The van der Waals surface area contributed by atoms with Gasteiger partial charge in [0.1, 0.15) is 5.69 Å². The molecule has 0 saturated carbocycles. The normalized spacial score (nSPS) is 10.9. The van der Waals surface area contributed by atoms with Gasteiger partial charge in [-0.15, -0.1) is 0 Å². The van der Waals surface area contributed by atoms with Crippen LogP contribution in [0.15, 0.2) is 18.2 Å². The molecule has 1 aromatic rings. The Bertz CT molecular complexity index is 782. The van der Waals surface area contributed by atoms with E-state index in [1.165, 1.54) is 95.2 Å². The predicted octanol–water partition coefficient (Wildman–Crippen LogP) is 9.31. The molecule has 0 spiro atoms. The van der Waals surface area contributed by atoms with E-state index >= 15 is 0 Å². The number of benzene rings is 1. The van der Waals surface area contributed by atoms with Crippen LogP contribution in [0.1, 0.15) is 142 Å². The third-order valence-corrected chi connectivity index (χ3v) is 6.77. The van der Waals surface area contributed by atoms with Crippen molar-refractivity contribution < 1.29 is 14.5 Å². The molecule has 7 nitrogen and oxygen atoms in total. The molecule has 0 unspecified atom stereocenters.